The largest absolute Gasteiger partial charge is 0.506 e. The molecular formula is C17H17ClN2O5. The zero-order chi connectivity index (χ0) is 18.2. The first-order valence-corrected chi connectivity index (χ1v) is 7.72. The smallest absolute Gasteiger partial charge is 0.313 e. The number of para-hydroxylation sites is 2. The summed E-state index contributed by atoms with van der Waals surface area (Å²) in [6.45, 7) is 0.271. The van der Waals surface area contributed by atoms with Crippen molar-refractivity contribution in [3.63, 3.8) is 0 Å². The number of hydrogen-bond acceptors (Lipinski definition) is 5. The molecule has 7 nitrogen and oxygen atoms in total. The van der Waals surface area contributed by atoms with Crippen LogP contribution in [0.4, 0.5) is 5.69 Å². The van der Waals surface area contributed by atoms with E-state index in [2.05, 4.69) is 10.6 Å². The van der Waals surface area contributed by atoms with Crippen LogP contribution in [0.15, 0.2) is 42.5 Å². The van der Waals surface area contributed by atoms with Gasteiger partial charge in [-0.3, -0.25) is 9.59 Å². The zero-order valence-electron chi connectivity index (χ0n) is 13.4. The Balaban J connectivity index is 1.80. The average molecular weight is 365 g/mol. The summed E-state index contributed by atoms with van der Waals surface area (Å²) in [7, 11) is 1.53. The molecule has 0 radical (unpaired) electrons. The number of hydrogen-bond donors (Lipinski definition) is 3. The van der Waals surface area contributed by atoms with Gasteiger partial charge in [-0.2, -0.15) is 0 Å². The van der Waals surface area contributed by atoms with E-state index in [1.54, 1.807) is 18.2 Å². The number of ether oxygens (including phenoxy) is 2. The van der Waals surface area contributed by atoms with E-state index in [1.165, 1.54) is 25.3 Å². The highest BCUT2D eigenvalue weighted by Crippen LogP contribution is 2.26. The van der Waals surface area contributed by atoms with Gasteiger partial charge in [-0.15, -0.1) is 0 Å². The van der Waals surface area contributed by atoms with Crippen LogP contribution >= 0.6 is 11.6 Å². The average Bonchev–Trinajstić information content (AvgIpc) is 2.61. The van der Waals surface area contributed by atoms with Crippen molar-refractivity contribution < 1.29 is 24.2 Å². The number of carbonyl (C=O) groups excluding carboxylic acids is 2. The molecule has 2 amide bonds. The molecule has 0 saturated heterocycles. The lowest BCUT2D eigenvalue weighted by atomic mass is 10.3. The molecule has 0 saturated carbocycles. The van der Waals surface area contributed by atoms with Crippen molar-refractivity contribution in [3.05, 3.63) is 47.5 Å². The van der Waals surface area contributed by atoms with Gasteiger partial charge in [0.25, 0.3) is 0 Å². The van der Waals surface area contributed by atoms with E-state index in [9.17, 15) is 14.7 Å². The number of methoxy groups -OCH3 is 1. The molecule has 0 aliphatic carbocycles. The highest BCUT2D eigenvalue weighted by molar-refractivity contribution is 6.40. The highest BCUT2D eigenvalue weighted by atomic mass is 35.5. The number of phenolic OH excluding ortho intramolecular Hbond substituents is 1. The summed E-state index contributed by atoms with van der Waals surface area (Å²) in [6.07, 6.45) is 0. The van der Waals surface area contributed by atoms with Gasteiger partial charge in [0.15, 0.2) is 11.5 Å². The van der Waals surface area contributed by atoms with Crippen LogP contribution in [-0.2, 0) is 9.59 Å². The van der Waals surface area contributed by atoms with E-state index < -0.39 is 11.8 Å². The Bertz CT molecular complexity index is 766. The molecule has 8 heteroatoms. The van der Waals surface area contributed by atoms with Crippen LogP contribution in [0.3, 0.4) is 0 Å². The van der Waals surface area contributed by atoms with E-state index in [0.29, 0.717) is 16.5 Å². The summed E-state index contributed by atoms with van der Waals surface area (Å²) < 4.78 is 10.6. The molecule has 2 aromatic rings. The molecule has 3 N–H and O–H groups in total. The quantitative estimate of drug-likeness (QED) is 0.415. The lowest BCUT2D eigenvalue weighted by molar-refractivity contribution is -0.136. The standard InChI is InChI=1S/C17H17ClN2O5/c1-24-14-4-2-3-5-15(14)25-9-8-19-16(22)17(23)20-12-10-11(18)6-7-13(12)21/h2-7,10,21H,8-9H2,1H3,(H,19,22)(H,20,23). The van der Waals surface area contributed by atoms with Crippen molar-refractivity contribution in [1.82, 2.24) is 5.32 Å². The summed E-state index contributed by atoms with van der Waals surface area (Å²) in [4.78, 5) is 23.6. The monoisotopic (exact) mass is 364 g/mol. The SMILES string of the molecule is COc1ccccc1OCCNC(=O)C(=O)Nc1cc(Cl)ccc1O. The van der Waals surface area contributed by atoms with Gasteiger partial charge >= 0.3 is 11.8 Å². The van der Waals surface area contributed by atoms with Gasteiger partial charge in [-0.25, -0.2) is 0 Å². The Morgan fingerprint density at radius 1 is 1.12 bits per heavy atom. The number of anilines is 1. The first-order valence-electron chi connectivity index (χ1n) is 7.34. The molecule has 0 atom stereocenters. The number of rotatable bonds is 6. The fourth-order valence-corrected chi connectivity index (χ4v) is 2.10. The Morgan fingerprint density at radius 2 is 1.84 bits per heavy atom. The van der Waals surface area contributed by atoms with Gasteiger partial charge < -0.3 is 25.2 Å². The van der Waals surface area contributed by atoms with E-state index in [-0.39, 0.29) is 24.6 Å². The van der Waals surface area contributed by atoms with E-state index in [0.717, 1.165) is 0 Å². The summed E-state index contributed by atoms with van der Waals surface area (Å²) in [5.41, 5.74) is 0.0536. The predicted molar refractivity (Wildman–Crippen MR) is 93.2 cm³/mol. The van der Waals surface area contributed by atoms with Gasteiger partial charge in [0.2, 0.25) is 0 Å². The second-order valence-electron chi connectivity index (χ2n) is 4.87. The van der Waals surface area contributed by atoms with Crippen molar-refractivity contribution in [3.8, 4) is 17.2 Å². The summed E-state index contributed by atoms with van der Waals surface area (Å²) in [5, 5.41) is 14.6. The van der Waals surface area contributed by atoms with Gasteiger partial charge in [0.05, 0.1) is 19.3 Å². The van der Waals surface area contributed by atoms with Crippen molar-refractivity contribution in [1.29, 1.82) is 0 Å². The first-order chi connectivity index (χ1) is 12.0. The summed E-state index contributed by atoms with van der Waals surface area (Å²) >= 11 is 5.78. The maximum atomic E-state index is 11.8. The molecular weight excluding hydrogens is 348 g/mol. The number of phenols is 1. The van der Waals surface area contributed by atoms with E-state index in [4.69, 9.17) is 21.1 Å². The molecule has 0 aromatic heterocycles. The minimum Gasteiger partial charge on any atom is -0.506 e. The number of amides is 2. The van der Waals surface area contributed by atoms with Crippen LogP contribution < -0.4 is 20.1 Å². The summed E-state index contributed by atoms with van der Waals surface area (Å²) in [5.74, 6) is -0.863. The minimum atomic E-state index is -0.921. The van der Waals surface area contributed by atoms with Crippen LogP contribution in [0.25, 0.3) is 0 Å². The number of nitrogens with one attached hydrogen (secondary N) is 2. The van der Waals surface area contributed by atoms with Gasteiger partial charge in [-0.1, -0.05) is 23.7 Å². The Kier molecular flexibility index (Phi) is 6.47. The van der Waals surface area contributed by atoms with Crippen molar-refractivity contribution in [2.24, 2.45) is 0 Å². The van der Waals surface area contributed by atoms with Crippen LogP contribution in [-0.4, -0.2) is 37.2 Å². The number of benzene rings is 2. The lowest BCUT2D eigenvalue weighted by Gasteiger charge is -2.11. The number of halogens is 1. The van der Waals surface area contributed by atoms with Crippen LogP contribution in [0.1, 0.15) is 0 Å². The second-order valence-corrected chi connectivity index (χ2v) is 5.31. The van der Waals surface area contributed by atoms with Crippen molar-refractivity contribution in [2.75, 3.05) is 25.6 Å². The molecule has 0 aliphatic heterocycles. The molecule has 25 heavy (non-hydrogen) atoms. The molecule has 0 spiro atoms. The van der Waals surface area contributed by atoms with E-state index >= 15 is 0 Å². The molecule has 2 rings (SSSR count). The molecule has 0 unspecified atom stereocenters. The Hall–Kier alpha value is -2.93. The third-order valence-corrected chi connectivity index (χ3v) is 3.36. The number of carbonyl (C=O) groups is 2. The molecule has 0 aliphatic rings. The highest BCUT2D eigenvalue weighted by Gasteiger charge is 2.15. The fourth-order valence-electron chi connectivity index (χ4n) is 1.93. The van der Waals surface area contributed by atoms with Crippen molar-refractivity contribution in [2.45, 2.75) is 0 Å². The van der Waals surface area contributed by atoms with Gasteiger partial charge in [-0.05, 0) is 30.3 Å². The molecule has 0 bridgehead atoms. The maximum Gasteiger partial charge on any atom is 0.313 e. The summed E-state index contributed by atoms with van der Waals surface area (Å²) in [6, 6.07) is 11.2. The number of aromatic hydroxyl groups is 1. The third kappa shape index (κ3) is 5.29. The molecule has 0 heterocycles. The zero-order valence-corrected chi connectivity index (χ0v) is 14.2. The van der Waals surface area contributed by atoms with Crippen LogP contribution in [0, 0.1) is 0 Å². The second kappa shape index (κ2) is 8.79. The molecule has 2 aromatic carbocycles. The topological polar surface area (TPSA) is 96.9 Å². The first kappa shape index (κ1) is 18.4. The Labute approximate surface area is 149 Å². The lowest BCUT2D eigenvalue weighted by Crippen LogP contribution is -2.37. The normalized spacial score (nSPS) is 10.0. The molecule has 0 fully saturated rings. The molecule has 132 valence electrons. The predicted octanol–water partition coefficient (Wildman–Crippen LogP) is 2.19. The maximum absolute atomic E-state index is 11.8. The van der Waals surface area contributed by atoms with Crippen molar-refractivity contribution >= 4 is 29.1 Å². The van der Waals surface area contributed by atoms with Gasteiger partial charge in [0.1, 0.15) is 12.4 Å². The Morgan fingerprint density at radius 3 is 2.56 bits per heavy atom. The van der Waals surface area contributed by atoms with E-state index in [1.807, 2.05) is 6.07 Å². The fraction of sp³-hybridized carbons (Fsp3) is 0.176. The third-order valence-electron chi connectivity index (χ3n) is 3.13. The van der Waals surface area contributed by atoms with Crippen LogP contribution in [0.2, 0.25) is 5.02 Å². The van der Waals surface area contributed by atoms with Gasteiger partial charge in [0, 0.05) is 5.02 Å². The van der Waals surface area contributed by atoms with Crippen LogP contribution in [0.5, 0.6) is 17.2 Å². The minimum absolute atomic E-state index is 0.0536.